The van der Waals surface area contributed by atoms with E-state index >= 15 is 0 Å². The molecule has 4 aromatic rings. The van der Waals surface area contributed by atoms with E-state index in [0.717, 1.165) is 27.6 Å². The van der Waals surface area contributed by atoms with Gasteiger partial charge in [0.2, 0.25) is 5.91 Å². The minimum Gasteiger partial charge on any atom is -0.343 e. The quantitative estimate of drug-likeness (QED) is 0.427. The van der Waals surface area contributed by atoms with Gasteiger partial charge >= 0.3 is 0 Å². The van der Waals surface area contributed by atoms with Gasteiger partial charge < -0.3 is 14.4 Å². The first-order valence-electron chi connectivity index (χ1n) is 11.9. The molecule has 0 aliphatic carbocycles. The smallest absolute Gasteiger partial charge is 0.253 e. The second-order valence-electron chi connectivity index (χ2n) is 9.14. The van der Waals surface area contributed by atoms with Crippen molar-refractivity contribution in [3.8, 4) is 0 Å². The number of aryl methyl sites for hydroxylation is 1. The number of carbonyl (C=O) groups is 2. The summed E-state index contributed by atoms with van der Waals surface area (Å²) >= 11 is 0. The van der Waals surface area contributed by atoms with Gasteiger partial charge in [0, 0.05) is 55.4 Å². The molecule has 1 fully saturated rings. The van der Waals surface area contributed by atoms with Gasteiger partial charge in [0.05, 0.1) is 6.42 Å². The van der Waals surface area contributed by atoms with E-state index in [-0.39, 0.29) is 17.6 Å². The fourth-order valence-electron chi connectivity index (χ4n) is 4.69. The van der Waals surface area contributed by atoms with E-state index in [4.69, 9.17) is 0 Å². The van der Waals surface area contributed by atoms with Crippen LogP contribution in [0.15, 0.2) is 79.0 Å². The predicted octanol–water partition coefficient (Wildman–Crippen LogP) is 4.66. The molecule has 35 heavy (non-hydrogen) atoms. The lowest BCUT2D eigenvalue weighted by atomic mass is 10.1. The predicted molar refractivity (Wildman–Crippen MR) is 135 cm³/mol. The second-order valence-corrected chi connectivity index (χ2v) is 9.14. The van der Waals surface area contributed by atoms with Crippen molar-refractivity contribution in [2.75, 3.05) is 26.2 Å². The highest BCUT2D eigenvalue weighted by Crippen LogP contribution is 2.24. The number of benzene rings is 3. The third-order valence-electron chi connectivity index (χ3n) is 6.70. The zero-order valence-electron chi connectivity index (χ0n) is 19.8. The lowest BCUT2D eigenvalue weighted by Crippen LogP contribution is -2.51. The lowest BCUT2D eigenvalue weighted by Gasteiger charge is -2.35. The van der Waals surface area contributed by atoms with Gasteiger partial charge in [-0.05, 0) is 48.4 Å². The van der Waals surface area contributed by atoms with Gasteiger partial charge in [-0.25, -0.2) is 4.39 Å². The summed E-state index contributed by atoms with van der Waals surface area (Å²) in [6.07, 6.45) is 2.34. The fourth-order valence-corrected chi connectivity index (χ4v) is 4.69. The van der Waals surface area contributed by atoms with Crippen LogP contribution in [0.25, 0.3) is 10.9 Å². The van der Waals surface area contributed by atoms with Crippen molar-refractivity contribution in [1.82, 2.24) is 14.4 Å². The number of halogens is 1. The number of para-hydroxylation sites is 1. The zero-order chi connectivity index (χ0) is 24.4. The Labute approximate surface area is 204 Å². The highest BCUT2D eigenvalue weighted by molar-refractivity contribution is 5.94. The number of hydrogen-bond acceptors (Lipinski definition) is 2. The molecule has 1 aromatic heterocycles. The number of aromatic nitrogens is 1. The molecule has 178 valence electrons. The van der Waals surface area contributed by atoms with E-state index in [1.165, 1.54) is 12.1 Å². The average Bonchev–Trinajstić information content (AvgIpc) is 3.22. The summed E-state index contributed by atoms with van der Waals surface area (Å²) in [6.45, 7) is 4.73. The summed E-state index contributed by atoms with van der Waals surface area (Å²) in [4.78, 5) is 29.6. The molecular formula is C29H28FN3O2. The second kappa shape index (κ2) is 9.74. The van der Waals surface area contributed by atoms with Crippen molar-refractivity contribution in [3.05, 3.63) is 107 Å². The number of hydrogen-bond donors (Lipinski definition) is 0. The Balaban J connectivity index is 1.26. The maximum absolute atomic E-state index is 13.3. The summed E-state index contributed by atoms with van der Waals surface area (Å²) in [6, 6.07) is 22.2. The van der Waals surface area contributed by atoms with Crippen LogP contribution in [-0.2, 0) is 17.8 Å². The van der Waals surface area contributed by atoms with Gasteiger partial charge in [-0.1, -0.05) is 48.0 Å². The van der Waals surface area contributed by atoms with Crippen molar-refractivity contribution >= 4 is 22.7 Å². The Hall–Kier alpha value is -3.93. The van der Waals surface area contributed by atoms with Crippen LogP contribution in [0.1, 0.15) is 27.0 Å². The molecule has 0 atom stereocenters. The van der Waals surface area contributed by atoms with Crippen LogP contribution >= 0.6 is 0 Å². The Morgan fingerprint density at radius 3 is 2.20 bits per heavy atom. The van der Waals surface area contributed by atoms with Crippen molar-refractivity contribution in [1.29, 1.82) is 0 Å². The summed E-state index contributed by atoms with van der Waals surface area (Å²) in [5, 5.41) is 1.05. The largest absolute Gasteiger partial charge is 0.343 e. The van der Waals surface area contributed by atoms with Crippen LogP contribution < -0.4 is 0 Å². The van der Waals surface area contributed by atoms with E-state index in [2.05, 4.69) is 4.57 Å². The highest BCUT2D eigenvalue weighted by atomic mass is 19.1. The van der Waals surface area contributed by atoms with E-state index < -0.39 is 0 Å². The molecule has 5 nitrogen and oxygen atoms in total. The lowest BCUT2D eigenvalue weighted by molar-refractivity contribution is -0.131. The minimum absolute atomic E-state index is 0.0148. The monoisotopic (exact) mass is 469 g/mol. The molecule has 1 aliphatic rings. The van der Waals surface area contributed by atoms with E-state index in [1.807, 2.05) is 71.5 Å². The maximum atomic E-state index is 13.3. The van der Waals surface area contributed by atoms with Gasteiger partial charge in [0.15, 0.2) is 0 Å². The number of piperazine rings is 1. The Morgan fingerprint density at radius 2 is 1.49 bits per heavy atom. The number of fused-ring (bicyclic) bond motifs is 1. The third-order valence-corrected chi connectivity index (χ3v) is 6.70. The normalized spacial score (nSPS) is 13.9. The maximum Gasteiger partial charge on any atom is 0.253 e. The van der Waals surface area contributed by atoms with Crippen molar-refractivity contribution < 1.29 is 14.0 Å². The number of nitrogens with zero attached hydrogens (tertiary/aromatic N) is 3. The fraction of sp³-hybridized carbons (Fsp3) is 0.241. The highest BCUT2D eigenvalue weighted by Gasteiger charge is 2.25. The van der Waals surface area contributed by atoms with Crippen LogP contribution in [-0.4, -0.2) is 52.4 Å². The SMILES string of the molecule is Cc1ccc(C(=O)N2CCN(C(=O)Cc3cn(Cc4ccc(F)cc4)c4ccccc34)CC2)cc1. The first-order chi connectivity index (χ1) is 17.0. The topological polar surface area (TPSA) is 45.6 Å². The molecule has 3 aromatic carbocycles. The van der Waals surface area contributed by atoms with Crippen molar-refractivity contribution in [2.24, 2.45) is 0 Å². The molecule has 0 N–H and O–H groups in total. The van der Waals surface area contributed by atoms with E-state index in [0.29, 0.717) is 44.7 Å². The van der Waals surface area contributed by atoms with Crippen LogP contribution in [0.3, 0.4) is 0 Å². The Bertz CT molecular complexity index is 1350. The Kier molecular flexibility index (Phi) is 6.36. The first-order valence-corrected chi connectivity index (χ1v) is 11.9. The number of amides is 2. The van der Waals surface area contributed by atoms with Crippen LogP contribution in [0.2, 0.25) is 0 Å². The molecule has 0 spiro atoms. The number of rotatable bonds is 5. The van der Waals surface area contributed by atoms with Gasteiger partial charge in [0.25, 0.3) is 5.91 Å². The minimum atomic E-state index is -0.252. The molecule has 2 heterocycles. The Morgan fingerprint density at radius 1 is 0.829 bits per heavy atom. The third kappa shape index (κ3) is 4.97. The number of carbonyl (C=O) groups excluding carboxylic acids is 2. The van der Waals surface area contributed by atoms with Crippen LogP contribution in [0.5, 0.6) is 0 Å². The van der Waals surface area contributed by atoms with Crippen molar-refractivity contribution in [3.63, 3.8) is 0 Å². The van der Waals surface area contributed by atoms with Gasteiger partial charge in [-0.2, -0.15) is 0 Å². The summed E-state index contributed by atoms with van der Waals surface area (Å²) in [7, 11) is 0. The van der Waals surface area contributed by atoms with Gasteiger partial charge in [-0.3, -0.25) is 9.59 Å². The molecule has 0 unspecified atom stereocenters. The summed E-state index contributed by atoms with van der Waals surface area (Å²) < 4.78 is 15.4. The molecule has 0 radical (unpaired) electrons. The van der Waals surface area contributed by atoms with E-state index in [1.54, 1.807) is 12.1 Å². The van der Waals surface area contributed by atoms with Crippen LogP contribution in [0.4, 0.5) is 4.39 Å². The van der Waals surface area contributed by atoms with Gasteiger partial charge in [0.1, 0.15) is 5.82 Å². The molecule has 5 rings (SSSR count). The molecule has 1 aliphatic heterocycles. The molecule has 2 amide bonds. The zero-order valence-corrected chi connectivity index (χ0v) is 19.8. The van der Waals surface area contributed by atoms with E-state index in [9.17, 15) is 14.0 Å². The molecule has 6 heteroatoms. The van der Waals surface area contributed by atoms with Crippen LogP contribution in [0, 0.1) is 12.7 Å². The molecular weight excluding hydrogens is 441 g/mol. The summed E-state index contributed by atoms with van der Waals surface area (Å²) in [5.41, 5.74) is 4.83. The standard InChI is InChI=1S/C29H28FN3O2/c1-21-6-10-23(11-7-21)29(35)32-16-14-31(15-17-32)28(34)18-24-20-33(27-5-3-2-4-26(24)27)19-22-8-12-25(30)13-9-22/h2-13,20H,14-19H2,1H3. The molecule has 0 bridgehead atoms. The molecule has 0 saturated carbocycles. The van der Waals surface area contributed by atoms with Gasteiger partial charge in [-0.15, -0.1) is 0 Å². The average molecular weight is 470 g/mol. The van der Waals surface area contributed by atoms with Crippen molar-refractivity contribution in [2.45, 2.75) is 19.9 Å². The first kappa shape index (κ1) is 22.8. The summed E-state index contributed by atoms with van der Waals surface area (Å²) in [5.74, 6) is -0.170. The molecule has 1 saturated heterocycles.